The van der Waals surface area contributed by atoms with Crippen molar-refractivity contribution in [2.24, 2.45) is 5.92 Å². The van der Waals surface area contributed by atoms with Crippen LogP contribution >= 0.6 is 0 Å². The van der Waals surface area contributed by atoms with Gasteiger partial charge in [-0.15, -0.1) is 0 Å². The van der Waals surface area contributed by atoms with E-state index < -0.39 is 0 Å². The molecule has 2 N–H and O–H groups in total. The molecule has 0 spiro atoms. The molecule has 0 saturated carbocycles. The molecule has 0 radical (unpaired) electrons. The highest BCUT2D eigenvalue weighted by Crippen LogP contribution is 2.30. The van der Waals surface area contributed by atoms with Gasteiger partial charge in [0, 0.05) is 5.69 Å². The van der Waals surface area contributed by atoms with Crippen molar-refractivity contribution in [1.82, 2.24) is 0 Å². The van der Waals surface area contributed by atoms with Gasteiger partial charge in [0.25, 0.3) is 0 Å². The maximum atomic E-state index is 5.77. The highest BCUT2D eigenvalue weighted by molar-refractivity contribution is 5.68. The molecule has 74 valence electrons. The lowest BCUT2D eigenvalue weighted by molar-refractivity contribution is 0.534. The van der Waals surface area contributed by atoms with Gasteiger partial charge in [0.2, 0.25) is 0 Å². The summed E-state index contributed by atoms with van der Waals surface area (Å²) in [6.07, 6.45) is 6.08. The third kappa shape index (κ3) is 1.98. The Morgan fingerprint density at radius 1 is 1.36 bits per heavy atom. The lowest BCUT2D eigenvalue weighted by Gasteiger charge is -2.18. The molecular formula is C13H17N. The zero-order valence-corrected chi connectivity index (χ0v) is 8.66. The molecule has 1 aliphatic carbocycles. The molecule has 0 bridgehead atoms. The Morgan fingerprint density at radius 3 is 2.86 bits per heavy atom. The molecule has 2 rings (SSSR count). The van der Waals surface area contributed by atoms with E-state index in [-0.39, 0.29) is 0 Å². The van der Waals surface area contributed by atoms with E-state index in [1.807, 2.05) is 12.1 Å². The average Bonchev–Trinajstić information content (AvgIpc) is 2.19. The Labute approximate surface area is 85.6 Å². The Bertz CT molecular complexity index is 352. The Kier molecular flexibility index (Phi) is 2.58. The molecule has 1 unspecified atom stereocenters. The monoisotopic (exact) mass is 187 g/mol. The fourth-order valence-corrected chi connectivity index (χ4v) is 1.97. The Morgan fingerprint density at radius 2 is 2.21 bits per heavy atom. The van der Waals surface area contributed by atoms with Crippen molar-refractivity contribution in [2.45, 2.75) is 26.2 Å². The summed E-state index contributed by atoms with van der Waals surface area (Å²) in [7, 11) is 0. The van der Waals surface area contributed by atoms with Crippen molar-refractivity contribution in [3.05, 3.63) is 35.9 Å². The first-order chi connectivity index (χ1) is 6.75. The SMILES string of the molecule is CC1CC=C(c2cccc(N)c2)CC1. The number of anilines is 1. The fraction of sp³-hybridized carbons (Fsp3) is 0.385. The molecule has 1 nitrogen and oxygen atoms in total. The van der Waals surface area contributed by atoms with Crippen LogP contribution in [0.4, 0.5) is 5.69 Å². The van der Waals surface area contributed by atoms with Crippen LogP contribution in [-0.2, 0) is 0 Å². The number of allylic oxidation sites excluding steroid dienone is 2. The van der Waals surface area contributed by atoms with Gasteiger partial charge in [0.05, 0.1) is 0 Å². The number of nitrogen functional groups attached to an aromatic ring is 1. The molecule has 0 heterocycles. The molecule has 14 heavy (non-hydrogen) atoms. The van der Waals surface area contributed by atoms with Crippen LogP contribution in [0, 0.1) is 5.92 Å². The number of rotatable bonds is 1. The van der Waals surface area contributed by atoms with Crippen molar-refractivity contribution in [3.8, 4) is 0 Å². The second-order valence-electron chi connectivity index (χ2n) is 4.23. The summed E-state index contributed by atoms with van der Waals surface area (Å²) >= 11 is 0. The van der Waals surface area contributed by atoms with Gasteiger partial charge in [-0.25, -0.2) is 0 Å². The van der Waals surface area contributed by atoms with Gasteiger partial charge in [-0.05, 0) is 48.4 Å². The van der Waals surface area contributed by atoms with E-state index in [0.717, 1.165) is 11.6 Å². The summed E-state index contributed by atoms with van der Waals surface area (Å²) in [6, 6.07) is 8.19. The Balaban J connectivity index is 2.23. The van der Waals surface area contributed by atoms with Crippen LogP contribution in [0.1, 0.15) is 31.7 Å². The standard InChI is InChI=1S/C13H17N/c1-10-5-7-11(8-6-10)12-3-2-4-13(14)9-12/h2-4,7,9-10H,5-6,8,14H2,1H3. The van der Waals surface area contributed by atoms with Crippen molar-refractivity contribution in [2.75, 3.05) is 5.73 Å². The van der Waals surface area contributed by atoms with Crippen molar-refractivity contribution >= 4 is 11.3 Å². The highest BCUT2D eigenvalue weighted by atomic mass is 14.5. The van der Waals surface area contributed by atoms with Gasteiger partial charge in [-0.2, -0.15) is 0 Å². The summed E-state index contributed by atoms with van der Waals surface area (Å²) in [4.78, 5) is 0. The van der Waals surface area contributed by atoms with Gasteiger partial charge in [-0.3, -0.25) is 0 Å². The first kappa shape index (κ1) is 9.32. The van der Waals surface area contributed by atoms with Crippen LogP contribution in [0.25, 0.3) is 5.57 Å². The smallest absolute Gasteiger partial charge is 0.0320 e. The summed E-state index contributed by atoms with van der Waals surface area (Å²) in [6.45, 7) is 2.31. The van der Waals surface area contributed by atoms with Crippen molar-refractivity contribution in [3.63, 3.8) is 0 Å². The first-order valence-corrected chi connectivity index (χ1v) is 5.30. The van der Waals surface area contributed by atoms with Gasteiger partial charge in [0.15, 0.2) is 0 Å². The summed E-state index contributed by atoms with van der Waals surface area (Å²) < 4.78 is 0. The molecule has 0 aromatic heterocycles. The average molecular weight is 187 g/mol. The van der Waals surface area contributed by atoms with Crippen molar-refractivity contribution < 1.29 is 0 Å². The van der Waals surface area contributed by atoms with E-state index in [2.05, 4.69) is 25.1 Å². The number of hydrogen-bond acceptors (Lipinski definition) is 1. The van der Waals surface area contributed by atoms with E-state index in [0.29, 0.717) is 0 Å². The lowest BCUT2D eigenvalue weighted by atomic mass is 9.88. The molecule has 1 aliphatic rings. The Hall–Kier alpha value is -1.24. The van der Waals surface area contributed by atoms with E-state index >= 15 is 0 Å². The molecule has 0 saturated heterocycles. The molecule has 1 aromatic rings. The topological polar surface area (TPSA) is 26.0 Å². The number of benzene rings is 1. The maximum absolute atomic E-state index is 5.77. The molecule has 0 fully saturated rings. The summed E-state index contributed by atoms with van der Waals surface area (Å²) in [5, 5.41) is 0. The quantitative estimate of drug-likeness (QED) is 0.669. The van der Waals surface area contributed by atoms with E-state index in [1.165, 1.54) is 30.4 Å². The summed E-state index contributed by atoms with van der Waals surface area (Å²) in [5.74, 6) is 0.847. The van der Waals surface area contributed by atoms with Gasteiger partial charge >= 0.3 is 0 Å². The lowest BCUT2D eigenvalue weighted by Crippen LogP contribution is -2.01. The fourth-order valence-electron chi connectivity index (χ4n) is 1.97. The predicted octanol–water partition coefficient (Wildman–Crippen LogP) is 3.47. The predicted molar refractivity (Wildman–Crippen MR) is 61.8 cm³/mol. The second-order valence-corrected chi connectivity index (χ2v) is 4.23. The second kappa shape index (κ2) is 3.87. The zero-order chi connectivity index (χ0) is 9.97. The highest BCUT2D eigenvalue weighted by Gasteiger charge is 2.11. The minimum Gasteiger partial charge on any atom is -0.399 e. The van der Waals surface area contributed by atoms with Crippen LogP contribution in [0.5, 0.6) is 0 Å². The van der Waals surface area contributed by atoms with Crippen LogP contribution in [0.15, 0.2) is 30.3 Å². The van der Waals surface area contributed by atoms with Crippen LogP contribution in [-0.4, -0.2) is 0 Å². The molecule has 0 amide bonds. The molecule has 1 heteroatoms. The largest absolute Gasteiger partial charge is 0.399 e. The molecule has 0 aliphatic heterocycles. The zero-order valence-electron chi connectivity index (χ0n) is 8.66. The first-order valence-electron chi connectivity index (χ1n) is 5.30. The number of nitrogens with two attached hydrogens (primary N) is 1. The van der Waals surface area contributed by atoms with Crippen molar-refractivity contribution in [1.29, 1.82) is 0 Å². The molecule has 1 aromatic carbocycles. The minimum absolute atomic E-state index is 0.847. The van der Waals surface area contributed by atoms with Gasteiger partial charge in [-0.1, -0.05) is 25.1 Å². The minimum atomic E-state index is 0.847. The summed E-state index contributed by atoms with van der Waals surface area (Å²) in [5.41, 5.74) is 9.40. The molecular weight excluding hydrogens is 170 g/mol. The van der Waals surface area contributed by atoms with E-state index in [4.69, 9.17) is 5.73 Å². The van der Waals surface area contributed by atoms with Crippen LogP contribution in [0.3, 0.4) is 0 Å². The van der Waals surface area contributed by atoms with Crippen LogP contribution in [0.2, 0.25) is 0 Å². The van der Waals surface area contributed by atoms with E-state index in [1.54, 1.807) is 0 Å². The van der Waals surface area contributed by atoms with Crippen LogP contribution < -0.4 is 5.73 Å². The maximum Gasteiger partial charge on any atom is 0.0320 e. The van der Waals surface area contributed by atoms with E-state index in [9.17, 15) is 0 Å². The molecule has 1 atom stereocenters. The third-order valence-corrected chi connectivity index (χ3v) is 2.93. The third-order valence-electron chi connectivity index (χ3n) is 2.93. The van der Waals surface area contributed by atoms with Gasteiger partial charge < -0.3 is 5.73 Å². The normalized spacial score (nSPS) is 21.8. The van der Waals surface area contributed by atoms with Gasteiger partial charge in [0.1, 0.15) is 0 Å². The number of hydrogen-bond donors (Lipinski definition) is 1.